The van der Waals surface area contributed by atoms with Crippen LogP contribution in [0.25, 0.3) is 0 Å². The lowest BCUT2D eigenvalue weighted by Gasteiger charge is -2.22. The third-order valence-corrected chi connectivity index (χ3v) is 12.6. The second kappa shape index (κ2) is 48.8. The molecule has 0 aromatic rings. The highest BCUT2D eigenvalue weighted by molar-refractivity contribution is 5.76. The molecule has 56 heavy (non-hydrogen) atoms. The van der Waals surface area contributed by atoms with Crippen molar-refractivity contribution in [2.24, 2.45) is 0 Å². The molecule has 2 unspecified atom stereocenters. The molecule has 0 aromatic carbocycles. The standard InChI is InChI=1S/C52H105NO3/c1-3-5-7-9-10-11-12-13-14-15-16-17-18-19-20-21-22-23-24-25-26-27-28-29-30-31-32-33-34-35-36-37-38-39-40-41-42-44-46-48-52(56)53-50(49-54)51(55)47-45-43-8-6-4-2/h50-51,54-55H,3-49H2,1-2H3,(H,53,56). The van der Waals surface area contributed by atoms with Gasteiger partial charge in [-0.1, -0.05) is 290 Å². The lowest BCUT2D eigenvalue weighted by Crippen LogP contribution is -2.45. The Labute approximate surface area is 353 Å². The number of carbonyl (C=O) groups excluding carboxylic acids is 1. The normalized spacial score (nSPS) is 12.7. The van der Waals surface area contributed by atoms with Crippen LogP contribution in [0.4, 0.5) is 0 Å². The number of unbranched alkanes of at least 4 members (excludes halogenated alkanes) is 42. The van der Waals surface area contributed by atoms with Crippen molar-refractivity contribution in [3.05, 3.63) is 0 Å². The van der Waals surface area contributed by atoms with Crippen LogP contribution < -0.4 is 5.32 Å². The minimum Gasteiger partial charge on any atom is -0.394 e. The van der Waals surface area contributed by atoms with Crippen LogP contribution in [0.2, 0.25) is 0 Å². The molecule has 0 saturated carbocycles. The quantitative estimate of drug-likeness (QED) is 0.0538. The molecule has 0 aromatic heterocycles. The van der Waals surface area contributed by atoms with E-state index in [-0.39, 0.29) is 12.5 Å². The molecule has 0 bridgehead atoms. The van der Waals surface area contributed by atoms with Crippen LogP contribution in [0.5, 0.6) is 0 Å². The van der Waals surface area contributed by atoms with Crippen molar-refractivity contribution in [2.75, 3.05) is 6.61 Å². The summed E-state index contributed by atoms with van der Waals surface area (Å²) in [7, 11) is 0. The highest BCUT2D eigenvalue weighted by Gasteiger charge is 2.20. The first-order chi connectivity index (χ1) is 27.7. The molecule has 0 radical (unpaired) electrons. The Morgan fingerprint density at radius 1 is 0.357 bits per heavy atom. The number of hydrogen-bond acceptors (Lipinski definition) is 3. The molecule has 0 spiro atoms. The Morgan fingerprint density at radius 3 is 0.804 bits per heavy atom. The van der Waals surface area contributed by atoms with E-state index < -0.39 is 12.1 Å². The van der Waals surface area contributed by atoms with Crippen molar-refractivity contribution >= 4 is 5.91 Å². The maximum atomic E-state index is 12.3. The van der Waals surface area contributed by atoms with Gasteiger partial charge in [0.2, 0.25) is 5.91 Å². The third-order valence-electron chi connectivity index (χ3n) is 12.6. The van der Waals surface area contributed by atoms with E-state index >= 15 is 0 Å². The minimum absolute atomic E-state index is 0.0318. The molecular weight excluding hydrogens is 687 g/mol. The maximum Gasteiger partial charge on any atom is 0.220 e. The zero-order chi connectivity index (χ0) is 40.7. The molecule has 0 aliphatic heterocycles. The average molecular weight is 792 g/mol. The van der Waals surface area contributed by atoms with Gasteiger partial charge in [0.1, 0.15) is 0 Å². The first kappa shape index (κ1) is 55.4. The fourth-order valence-electron chi connectivity index (χ4n) is 8.60. The molecule has 3 N–H and O–H groups in total. The van der Waals surface area contributed by atoms with Crippen molar-refractivity contribution < 1.29 is 15.0 Å². The molecular formula is C52H105NO3. The van der Waals surface area contributed by atoms with Gasteiger partial charge < -0.3 is 15.5 Å². The number of aliphatic hydroxyl groups is 2. The van der Waals surface area contributed by atoms with Gasteiger partial charge in [-0.2, -0.15) is 0 Å². The van der Waals surface area contributed by atoms with Crippen molar-refractivity contribution in [1.29, 1.82) is 0 Å². The van der Waals surface area contributed by atoms with Gasteiger partial charge >= 0.3 is 0 Å². The Hall–Kier alpha value is -0.610. The Morgan fingerprint density at radius 2 is 0.571 bits per heavy atom. The van der Waals surface area contributed by atoms with Crippen LogP contribution in [0.3, 0.4) is 0 Å². The predicted molar refractivity (Wildman–Crippen MR) is 249 cm³/mol. The topological polar surface area (TPSA) is 69.6 Å². The van der Waals surface area contributed by atoms with E-state index in [1.54, 1.807) is 0 Å². The van der Waals surface area contributed by atoms with Crippen LogP contribution >= 0.6 is 0 Å². The number of nitrogens with one attached hydrogen (secondary N) is 1. The van der Waals surface area contributed by atoms with Crippen molar-refractivity contribution in [2.45, 2.75) is 321 Å². The molecule has 0 aliphatic carbocycles. The highest BCUT2D eigenvalue weighted by Crippen LogP contribution is 2.18. The third kappa shape index (κ3) is 44.5. The van der Waals surface area contributed by atoms with Gasteiger partial charge in [0.25, 0.3) is 0 Å². The molecule has 2 atom stereocenters. The maximum absolute atomic E-state index is 12.3. The van der Waals surface area contributed by atoms with Gasteiger partial charge in [0, 0.05) is 6.42 Å². The summed E-state index contributed by atoms with van der Waals surface area (Å²) in [6.45, 7) is 4.31. The van der Waals surface area contributed by atoms with Crippen LogP contribution in [-0.4, -0.2) is 34.9 Å². The van der Waals surface area contributed by atoms with E-state index in [1.165, 1.54) is 257 Å². The summed E-state index contributed by atoms with van der Waals surface area (Å²) in [5, 5.41) is 22.8. The Balaban J connectivity index is 3.23. The molecule has 336 valence electrons. The minimum atomic E-state index is -0.650. The van der Waals surface area contributed by atoms with E-state index in [0.29, 0.717) is 12.8 Å². The number of carbonyl (C=O) groups is 1. The van der Waals surface area contributed by atoms with Gasteiger partial charge in [-0.05, 0) is 12.8 Å². The lowest BCUT2D eigenvalue weighted by atomic mass is 10.0. The number of rotatable bonds is 49. The largest absolute Gasteiger partial charge is 0.394 e. The summed E-state index contributed by atoms with van der Waals surface area (Å²) in [4.78, 5) is 12.3. The molecule has 1 amide bonds. The summed E-state index contributed by atoms with van der Waals surface area (Å²) < 4.78 is 0. The van der Waals surface area contributed by atoms with Crippen molar-refractivity contribution in [3.8, 4) is 0 Å². The van der Waals surface area contributed by atoms with Crippen LogP contribution in [0.1, 0.15) is 309 Å². The Bertz CT molecular complexity index is 729. The molecule has 4 heteroatoms. The highest BCUT2D eigenvalue weighted by atomic mass is 16.3. The van der Waals surface area contributed by atoms with Crippen LogP contribution in [-0.2, 0) is 4.79 Å². The first-order valence-corrected chi connectivity index (χ1v) is 26.2. The van der Waals surface area contributed by atoms with Gasteiger partial charge in [0.05, 0.1) is 18.8 Å². The molecule has 0 heterocycles. The van der Waals surface area contributed by atoms with E-state index in [2.05, 4.69) is 19.2 Å². The van der Waals surface area contributed by atoms with E-state index in [4.69, 9.17) is 0 Å². The van der Waals surface area contributed by atoms with Crippen LogP contribution in [0, 0.1) is 0 Å². The van der Waals surface area contributed by atoms with Crippen LogP contribution in [0.15, 0.2) is 0 Å². The zero-order valence-electron chi connectivity index (χ0n) is 38.7. The zero-order valence-corrected chi connectivity index (χ0v) is 38.7. The average Bonchev–Trinajstić information content (AvgIpc) is 3.20. The molecule has 0 fully saturated rings. The first-order valence-electron chi connectivity index (χ1n) is 26.2. The lowest BCUT2D eigenvalue weighted by molar-refractivity contribution is -0.123. The molecule has 0 rings (SSSR count). The predicted octanol–water partition coefficient (Wildman–Crippen LogP) is 16.8. The summed E-state index contributed by atoms with van der Waals surface area (Å²) >= 11 is 0. The number of aliphatic hydroxyl groups excluding tert-OH is 2. The second-order valence-corrected chi connectivity index (χ2v) is 18.3. The van der Waals surface area contributed by atoms with E-state index in [9.17, 15) is 15.0 Å². The molecule has 4 nitrogen and oxygen atoms in total. The molecule has 0 aliphatic rings. The van der Waals surface area contributed by atoms with E-state index in [1.807, 2.05) is 0 Å². The summed E-state index contributed by atoms with van der Waals surface area (Å²) in [6.07, 6.45) is 61.5. The Kier molecular flexibility index (Phi) is 48.2. The number of amides is 1. The summed E-state index contributed by atoms with van der Waals surface area (Å²) in [5.74, 6) is -0.0318. The summed E-state index contributed by atoms with van der Waals surface area (Å²) in [6, 6.07) is -0.527. The monoisotopic (exact) mass is 792 g/mol. The van der Waals surface area contributed by atoms with Crippen molar-refractivity contribution in [3.63, 3.8) is 0 Å². The number of hydrogen-bond donors (Lipinski definition) is 3. The second-order valence-electron chi connectivity index (χ2n) is 18.3. The van der Waals surface area contributed by atoms with Gasteiger partial charge in [-0.3, -0.25) is 4.79 Å². The van der Waals surface area contributed by atoms with Gasteiger partial charge in [-0.15, -0.1) is 0 Å². The van der Waals surface area contributed by atoms with Gasteiger partial charge in [0.15, 0.2) is 0 Å². The smallest absolute Gasteiger partial charge is 0.220 e. The fourth-order valence-corrected chi connectivity index (χ4v) is 8.60. The fraction of sp³-hybridized carbons (Fsp3) is 0.981. The van der Waals surface area contributed by atoms with E-state index in [0.717, 1.165) is 25.7 Å². The van der Waals surface area contributed by atoms with Crippen molar-refractivity contribution in [1.82, 2.24) is 5.32 Å². The molecule has 0 saturated heterocycles. The SMILES string of the molecule is CCCCCCCCCCCCCCCCCCCCCCCCCCCCCCCCCCCCCCCCCC(=O)NC(CO)C(O)CCCCCCC. The summed E-state index contributed by atoms with van der Waals surface area (Å²) in [5.41, 5.74) is 0. The van der Waals surface area contributed by atoms with Gasteiger partial charge in [-0.25, -0.2) is 0 Å².